The van der Waals surface area contributed by atoms with E-state index in [0.717, 1.165) is 12.8 Å². The first-order valence-electron chi connectivity index (χ1n) is 22.6. The Kier molecular flexibility index (Phi) is 56.6. The van der Waals surface area contributed by atoms with Crippen LogP contribution in [0.5, 0.6) is 0 Å². The molecule has 0 saturated heterocycles. The quantitative estimate of drug-likeness (QED) is 0.0475. The molecule has 0 amide bonds. The number of carboxylic acid groups (broad SMARTS) is 1. The van der Waals surface area contributed by atoms with Crippen LogP contribution in [0.2, 0.25) is 0 Å². The Balaban J connectivity index is -0.000000767. The normalized spacial score (nSPS) is 10.9. The maximum Gasteiger partial charge on any atom is 0.303 e. The molecule has 0 unspecified atom stereocenters. The average molecular weight is 715 g/mol. The van der Waals surface area contributed by atoms with E-state index in [1.54, 1.807) is 0 Å². The summed E-state index contributed by atoms with van der Waals surface area (Å²) in [6, 6.07) is 0. The van der Waals surface area contributed by atoms with Crippen LogP contribution >= 0.6 is 0 Å². The zero-order valence-corrected chi connectivity index (χ0v) is 34.6. The first kappa shape index (κ1) is 53.7. The van der Waals surface area contributed by atoms with Crippen molar-refractivity contribution in [2.45, 2.75) is 271 Å². The van der Waals surface area contributed by atoms with E-state index in [0.29, 0.717) is 6.42 Å². The highest BCUT2D eigenvalue weighted by Crippen LogP contribution is 2.16. The van der Waals surface area contributed by atoms with Crippen LogP contribution in [-0.4, -0.2) is 45.7 Å². The molecule has 0 spiro atoms. The third-order valence-corrected chi connectivity index (χ3v) is 9.87. The fraction of sp³-hybridized carbons (Fsp3) is 0.978. The summed E-state index contributed by atoms with van der Waals surface area (Å²) in [5.74, 6) is -0.651. The minimum absolute atomic E-state index is 0.346. The van der Waals surface area contributed by atoms with Crippen LogP contribution in [0, 0.1) is 0 Å². The Morgan fingerprint density at radius 3 is 0.620 bits per heavy atom. The maximum absolute atomic E-state index is 10.4. The Labute approximate surface area is 314 Å². The number of hydrogen-bond donors (Lipinski definition) is 4. The zero-order chi connectivity index (χ0) is 37.4. The van der Waals surface area contributed by atoms with Gasteiger partial charge in [0, 0.05) is 6.42 Å². The standard InChI is InChI=1S/C22H44O2.C20H42.C3H8O3/c1-2-3-4-5-6-7-8-9-10-11-12-13-14-15-16-17-18-19-20-21-22(23)24;1-3-5-7-9-11-13-15-17-19-20-18-16-14-12-10-8-6-4-2;4-1-3(6)2-5/h2-21H2,1H3,(H,23,24);3-20H2,1-2H3;3-6H,1-2H2. The smallest absolute Gasteiger partial charge is 0.303 e. The highest BCUT2D eigenvalue weighted by molar-refractivity contribution is 5.66. The number of aliphatic carboxylic acids is 1. The van der Waals surface area contributed by atoms with Gasteiger partial charge in [-0.2, -0.15) is 0 Å². The van der Waals surface area contributed by atoms with E-state index in [4.69, 9.17) is 20.4 Å². The maximum atomic E-state index is 10.4. The highest BCUT2D eigenvalue weighted by atomic mass is 16.4. The van der Waals surface area contributed by atoms with Crippen molar-refractivity contribution in [3.8, 4) is 0 Å². The van der Waals surface area contributed by atoms with Crippen molar-refractivity contribution in [2.75, 3.05) is 13.2 Å². The molecule has 0 aromatic carbocycles. The van der Waals surface area contributed by atoms with Gasteiger partial charge in [0.15, 0.2) is 0 Å². The van der Waals surface area contributed by atoms with E-state index in [2.05, 4.69) is 20.8 Å². The number of aliphatic hydroxyl groups excluding tert-OH is 3. The van der Waals surface area contributed by atoms with Gasteiger partial charge in [-0.15, -0.1) is 0 Å². The number of carboxylic acids is 1. The molecular weight excluding hydrogens is 620 g/mol. The van der Waals surface area contributed by atoms with Crippen molar-refractivity contribution < 1.29 is 25.2 Å². The van der Waals surface area contributed by atoms with Gasteiger partial charge < -0.3 is 20.4 Å². The summed E-state index contributed by atoms with van der Waals surface area (Å²) in [5.41, 5.74) is 0. The lowest BCUT2D eigenvalue weighted by Gasteiger charge is -2.03. The van der Waals surface area contributed by atoms with Gasteiger partial charge in [0.25, 0.3) is 0 Å². The van der Waals surface area contributed by atoms with Crippen LogP contribution in [0.4, 0.5) is 0 Å². The van der Waals surface area contributed by atoms with Crippen molar-refractivity contribution >= 4 is 5.97 Å². The third kappa shape index (κ3) is 59.5. The molecule has 0 rings (SSSR count). The summed E-state index contributed by atoms with van der Waals surface area (Å²) in [7, 11) is 0. The van der Waals surface area contributed by atoms with E-state index in [9.17, 15) is 4.79 Å². The average Bonchev–Trinajstić information content (AvgIpc) is 3.12. The lowest BCUT2D eigenvalue weighted by Crippen LogP contribution is -2.15. The van der Waals surface area contributed by atoms with Gasteiger partial charge in [0.2, 0.25) is 0 Å². The fourth-order valence-corrected chi connectivity index (χ4v) is 6.39. The monoisotopic (exact) mass is 715 g/mol. The largest absolute Gasteiger partial charge is 0.481 e. The Bertz CT molecular complexity index is 548. The molecular formula is C45H94O5. The number of unbranched alkanes of at least 4 members (excludes halogenated alkanes) is 35. The molecule has 304 valence electrons. The van der Waals surface area contributed by atoms with E-state index < -0.39 is 12.1 Å². The van der Waals surface area contributed by atoms with Crippen molar-refractivity contribution in [1.82, 2.24) is 0 Å². The van der Waals surface area contributed by atoms with Crippen LogP contribution < -0.4 is 0 Å². The number of rotatable bonds is 39. The van der Waals surface area contributed by atoms with Crippen molar-refractivity contribution in [1.29, 1.82) is 0 Å². The van der Waals surface area contributed by atoms with Crippen molar-refractivity contribution in [3.05, 3.63) is 0 Å². The van der Waals surface area contributed by atoms with Gasteiger partial charge in [-0.1, -0.05) is 252 Å². The molecule has 0 aromatic rings. The van der Waals surface area contributed by atoms with Gasteiger partial charge in [-0.3, -0.25) is 4.79 Å². The zero-order valence-electron chi connectivity index (χ0n) is 34.6. The minimum atomic E-state index is -0.954. The second-order valence-electron chi connectivity index (χ2n) is 15.2. The molecule has 0 radical (unpaired) electrons. The highest BCUT2D eigenvalue weighted by Gasteiger charge is 1.98. The molecule has 50 heavy (non-hydrogen) atoms. The molecule has 0 bridgehead atoms. The van der Waals surface area contributed by atoms with Crippen LogP contribution in [0.3, 0.4) is 0 Å². The van der Waals surface area contributed by atoms with E-state index in [1.165, 1.54) is 225 Å². The number of carbonyl (C=O) groups is 1. The summed E-state index contributed by atoms with van der Waals surface area (Å²) in [4.78, 5) is 10.4. The Morgan fingerprint density at radius 1 is 0.340 bits per heavy atom. The molecule has 0 atom stereocenters. The SMILES string of the molecule is CCCCCCCCCCCCCCCCCCCC.CCCCCCCCCCCCCCCCCCCCCC(=O)O.OCC(O)CO. The topological polar surface area (TPSA) is 98.0 Å². The van der Waals surface area contributed by atoms with Crippen LogP contribution in [0.1, 0.15) is 265 Å². The first-order chi connectivity index (χ1) is 24.5. The second kappa shape index (κ2) is 52.7. The summed E-state index contributed by atoms with van der Waals surface area (Å²) in [6.45, 7) is 6.15. The Morgan fingerprint density at radius 2 is 0.500 bits per heavy atom. The van der Waals surface area contributed by atoms with Crippen LogP contribution in [0.25, 0.3) is 0 Å². The Hall–Kier alpha value is -0.650. The summed E-state index contributed by atoms with van der Waals surface area (Å²) in [5, 5.41) is 32.6. The summed E-state index contributed by atoms with van der Waals surface area (Å²) >= 11 is 0. The molecule has 0 saturated carbocycles. The predicted molar refractivity (Wildman–Crippen MR) is 220 cm³/mol. The van der Waals surface area contributed by atoms with Gasteiger partial charge in [0.05, 0.1) is 13.2 Å². The fourth-order valence-electron chi connectivity index (χ4n) is 6.39. The molecule has 0 aliphatic carbocycles. The molecule has 4 N–H and O–H groups in total. The molecule has 0 fully saturated rings. The van der Waals surface area contributed by atoms with E-state index in [1.807, 2.05) is 0 Å². The number of hydrogen-bond acceptors (Lipinski definition) is 4. The van der Waals surface area contributed by atoms with E-state index in [-0.39, 0.29) is 13.2 Å². The van der Waals surface area contributed by atoms with Gasteiger partial charge in [-0.05, 0) is 6.42 Å². The predicted octanol–water partition coefficient (Wildman–Crippen LogP) is 14.3. The summed E-state index contributed by atoms with van der Waals surface area (Å²) in [6.07, 6.45) is 51.5. The van der Waals surface area contributed by atoms with Crippen LogP contribution in [0.15, 0.2) is 0 Å². The molecule has 5 heteroatoms. The molecule has 0 aliphatic rings. The molecule has 5 nitrogen and oxygen atoms in total. The first-order valence-corrected chi connectivity index (χ1v) is 22.6. The third-order valence-electron chi connectivity index (χ3n) is 9.87. The van der Waals surface area contributed by atoms with Crippen LogP contribution in [-0.2, 0) is 4.79 Å². The lowest BCUT2D eigenvalue weighted by atomic mass is 10.0. The lowest BCUT2D eigenvalue weighted by molar-refractivity contribution is -0.137. The van der Waals surface area contributed by atoms with E-state index >= 15 is 0 Å². The molecule has 0 aromatic heterocycles. The summed E-state index contributed by atoms with van der Waals surface area (Å²) < 4.78 is 0. The molecule has 0 heterocycles. The second-order valence-corrected chi connectivity index (χ2v) is 15.2. The van der Waals surface area contributed by atoms with Gasteiger partial charge in [-0.25, -0.2) is 0 Å². The van der Waals surface area contributed by atoms with Crippen molar-refractivity contribution in [2.24, 2.45) is 0 Å². The number of aliphatic hydroxyl groups is 3. The minimum Gasteiger partial charge on any atom is -0.481 e. The van der Waals surface area contributed by atoms with Gasteiger partial charge in [0.1, 0.15) is 6.10 Å². The molecule has 0 aliphatic heterocycles. The van der Waals surface area contributed by atoms with Gasteiger partial charge >= 0.3 is 5.97 Å². The van der Waals surface area contributed by atoms with Crippen molar-refractivity contribution in [3.63, 3.8) is 0 Å².